The highest BCUT2D eigenvalue weighted by molar-refractivity contribution is 5.96. The Balaban J connectivity index is 1.79. The van der Waals surface area contributed by atoms with E-state index in [2.05, 4.69) is 41.5 Å². The van der Waals surface area contributed by atoms with Gasteiger partial charge in [-0.05, 0) is 45.7 Å². The van der Waals surface area contributed by atoms with Crippen molar-refractivity contribution < 1.29 is 19.0 Å². The largest absolute Gasteiger partial charge is 0.492 e. The molecule has 1 aliphatic heterocycles. The minimum Gasteiger partial charge on any atom is -0.492 e. The van der Waals surface area contributed by atoms with Crippen molar-refractivity contribution in [1.82, 2.24) is 5.32 Å². The van der Waals surface area contributed by atoms with Gasteiger partial charge in [0.2, 0.25) is 5.91 Å². The third-order valence-electron chi connectivity index (χ3n) is 5.82. The van der Waals surface area contributed by atoms with E-state index in [0.717, 1.165) is 24.5 Å². The van der Waals surface area contributed by atoms with Crippen molar-refractivity contribution in [1.29, 1.82) is 0 Å². The minimum absolute atomic E-state index is 0.0426. The highest BCUT2D eigenvalue weighted by Gasteiger charge is 2.23. The summed E-state index contributed by atoms with van der Waals surface area (Å²) in [6.45, 7) is 13.9. The van der Waals surface area contributed by atoms with Crippen LogP contribution in [0.5, 0.6) is 11.5 Å². The second kappa shape index (κ2) is 11.9. The van der Waals surface area contributed by atoms with Crippen LogP contribution in [-0.2, 0) is 9.53 Å². The average Bonchev–Trinajstić information content (AvgIpc) is 2.81. The van der Waals surface area contributed by atoms with Gasteiger partial charge in [-0.25, -0.2) is 0 Å². The maximum absolute atomic E-state index is 13.1. The first kappa shape index (κ1) is 24.9. The minimum atomic E-state index is -0.399. The van der Waals surface area contributed by atoms with Crippen molar-refractivity contribution in [3.63, 3.8) is 0 Å². The first-order valence-electron chi connectivity index (χ1n) is 11.8. The number of ether oxygens (including phenoxy) is 3. The molecule has 2 N–H and O–H groups in total. The van der Waals surface area contributed by atoms with E-state index in [1.54, 1.807) is 0 Å². The van der Waals surface area contributed by atoms with E-state index in [-0.39, 0.29) is 11.9 Å². The third kappa shape index (κ3) is 6.39. The van der Waals surface area contributed by atoms with E-state index in [0.29, 0.717) is 37.9 Å². The smallest absolute Gasteiger partial charge is 0.241 e. The monoisotopic (exact) mass is 455 g/mol. The Morgan fingerprint density at radius 1 is 1.06 bits per heavy atom. The zero-order valence-electron chi connectivity index (χ0n) is 20.4. The van der Waals surface area contributed by atoms with Gasteiger partial charge in [0.15, 0.2) is 0 Å². The first-order valence-corrected chi connectivity index (χ1v) is 11.8. The van der Waals surface area contributed by atoms with Crippen molar-refractivity contribution in [3.05, 3.63) is 47.5 Å². The van der Waals surface area contributed by atoms with Crippen LogP contribution in [0.25, 0.3) is 0 Å². The Bertz CT molecular complexity index is 928. The first-order chi connectivity index (χ1) is 15.9. The van der Waals surface area contributed by atoms with Crippen LogP contribution >= 0.6 is 0 Å². The van der Waals surface area contributed by atoms with Gasteiger partial charge in [0.1, 0.15) is 11.5 Å². The Hall–Kier alpha value is -2.77. The van der Waals surface area contributed by atoms with E-state index < -0.39 is 6.04 Å². The molecule has 1 amide bonds. The molecule has 0 saturated carbocycles. The number of hydrogen-bond donors (Lipinski definition) is 2. The van der Waals surface area contributed by atoms with Gasteiger partial charge in [-0.15, -0.1) is 0 Å². The van der Waals surface area contributed by atoms with Crippen LogP contribution in [0.4, 0.5) is 11.4 Å². The molecular formula is C26H37N3O4. The molecule has 0 unspecified atom stereocenters. The summed E-state index contributed by atoms with van der Waals surface area (Å²) in [5, 5.41) is 6.45. The summed E-state index contributed by atoms with van der Waals surface area (Å²) in [6.07, 6.45) is 0. The quantitative estimate of drug-likeness (QED) is 0.556. The van der Waals surface area contributed by atoms with Gasteiger partial charge in [-0.3, -0.25) is 10.1 Å². The van der Waals surface area contributed by atoms with Crippen LogP contribution in [0.15, 0.2) is 36.4 Å². The van der Waals surface area contributed by atoms with Crippen LogP contribution in [0, 0.1) is 6.92 Å². The maximum atomic E-state index is 13.1. The van der Waals surface area contributed by atoms with Gasteiger partial charge in [-0.2, -0.15) is 0 Å². The number of nitrogens with zero attached hydrogens (tertiary/aromatic N) is 1. The molecule has 2 aromatic rings. The standard InChI is InChI=1S/C26H37N3O4/c1-6-32-24-17-23(29-12-14-31-15-13-29)25(33-7-2)16-22(24)28-26(30)20(5)27-19(4)21-11-9-8-10-18(21)3/h8-11,16-17,19-20,27H,6-7,12-15H2,1-5H3,(H,28,30)/t19-,20-/m1/s1. The molecule has 33 heavy (non-hydrogen) atoms. The average molecular weight is 456 g/mol. The second-order valence-electron chi connectivity index (χ2n) is 8.24. The molecule has 1 fully saturated rings. The summed E-state index contributed by atoms with van der Waals surface area (Å²) in [5.41, 5.74) is 3.95. The van der Waals surface area contributed by atoms with Gasteiger partial charge in [0, 0.05) is 31.3 Å². The number of benzene rings is 2. The fourth-order valence-electron chi connectivity index (χ4n) is 4.10. The Labute approximate surface area is 197 Å². The van der Waals surface area contributed by atoms with Crippen molar-refractivity contribution in [2.24, 2.45) is 0 Å². The summed E-state index contributed by atoms with van der Waals surface area (Å²) < 4.78 is 17.3. The fraction of sp³-hybridized carbons (Fsp3) is 0.500. The summed E-state index contributed by atoms with van der Waals surface area (Å²) in [6, 6.07) is 11.7. The number of morpholine rings is 1. The van der Waals surface area contributed by atoms with Gasteiger partial charge >= 0.3 is 0 Å². The number of aryl methyl sites for hydroxylation is 1. The van der Waals surface area contributed by atoms with Gasteiger partial charge in [0.05, 0.1) is 43.8 Å². The molecule has 0 spiro atoms. The lowest BCUT2D eigenvalue weighted by atomic mass is 10.0. The predicted molar refractivity (Wildman–Crippen MR) is 133 cm³/mol. The molecule has 180 valence electrons. The zero-order chi connectivity index (χ0) is 23.8. The van der Waals surface area contributed by atoms with E-state index >= 15 is 0 Å². The Morgan fingerprint density at radius 2 is 1.73 bits per heavy atom. The molecule has 7 nitrogen and oxygen atoms in total. The Morgan fingerprint density at radius 3 is 2.39 bits per heavy atom. The summed E-state index contributed by atoms with van der Waals surface area (Å²) in [7, 11) is 0. The second-order valence-corrected chi connectivity index (χ2v) is 8.24. The molecule has 7 heteroatoms. The summed E-state index contributed by atoms with van der Waals surface area (Å²) in [4.78, 5) is 15.3. The van der Waals surface area contributed by atoms with E-state index in [1.807, 2.05) is 45.0 Å². The molecule has 1 aliphatic rings. The van der Waals surface area contributed by atoms with Crippen LogP contribution in [0.3, 0.4) is 0 Å². The Kier molecular flexibility index (Phi) is 8.97. The SMILES string of the molecule is CCOc1cc(N2CCOCC2)c(OCC)cc1NC(=O)[C@@H](C)N[C@H](C)c1ccccc1C. The maximum Gasteiger partial charge on any atom is 0.241 e. The molecule has 0 aromatic heterocycles. The highest BCUT2D eigenvalue weighted by atomic mass is 16.5. The number of hydrogen-bond acceptors (Lipinski definition) is 6. The normalized spacial score (nSPS) is 15.6. The molecule has 0 bridgehead atoms. The summed E-state index contributed by atoms with van der Waals surface area (Å²) >= 11 is 0. The number of amides is 1. The number of carbonyl (C=O) groups is 1. The molecule has 1 heterocycles. The zero-order valence-corrected chi connectivity index (χ0v) is 20.4. The predicted octanol–water partition coefficient (Wildman–Crippen LogP) is 4.31. The van der Waals surface area contributed by atoms with Crippen molar-refractivity contribution >= 4 is 17.3 Å². The fourth-order valence-corrected chi connectivity index (χ4v) is 4.10. The molecule has 2 atom stereocenters. The molecule has 2 aromatic carbocycles. The number of rotatable bonds is 10. The van der Waals surface area contributed by atoms with Crippen LogP contribution in [-0.4, -0.2) is 51.5 Å². The van der Waals surface area contributed by atoms with E-state index in [1.165, 1.54) is 11.1 Å². The van der Waals surface area contributed by atoms with Crippen molar-refractivity contribution in [3.8, 4) is 11.5 Å². The van der Waals surface area contributed by atoms with Crippen LogP contribution in [0.2, 0.25) is 0 Å². The van der Waals surface area contributed by atoms with Crippen molar-refractivity contribution in [2.45, 2.75) is 46.7 Å². The lowest BCUT2D eigenvalue weighted by Crippen LogP contribution is -2.39. The molecule has 0 aliphatic carbocycles. The third-order valence-corrected chi connectivity index (χ3v) is 5.82. The number of anilines is 2. The lowest BCUT2D eigenvalue weighted by Gasteiger charge is -2.31. The topological polar surface area (TPSA) is 72.1 Å². The van der Waals surface area contributed by atoms with E-state index in [9.17, 15) is 4.79 Å². The van der Waals surface area contributed by atoms with E-state index in [4.69, 9.17) is 14.2 Å². The van der Waals surface area contributed by atoms with Crippen molar-refractivity contribution in [2.75, 3.05) is 49.7 Å². The van der Waals surface area contributed by atoms with Gasteiger partial charge < -0.3 is 24.4 Å². The highest BCUT2D eigenvalue weighted by Crippen LogP contribution is 2.39. The number of carbonyl (C=O) groups excluding carboxylic acids is 1. The number of nitrogens with one attached hydrogen (secondary N) is 2. The summed E-state index contributed by atoms with van der Waals surface area (Å²) in [5.74, 6) is 1.24. The molecule has 3 rings (SSSR count). The molecule has 0 radical (unpaired) electrons. The molecular weight excluding hydrogens is 418 g/mol. The van der Waals surface area contributed by atoms with Crippen LogP contribution in [0.1, 0.15) is 44.9 Å². The lowest BCUT2D eigenvalue weighted by molar-refractivity contribution is -0.118. The van der Waals surface area contributed by atoms with Gasteiger partial charge in [0.25, 0.3) is 0 Å². The van der Waals surface area contributed by atoms with Gasteiger partial charge in [-0.1, -0.05) is 24.3 Å². The molecule has 1 saturated heterocycles. The van der Waals surface area contributed by atoms with Crippen LogP contribution < -0.4 is 25.0 Å².